The Morgan fingerprint density at radius 3 is 2.16 bits per heavy atom. The van der Waals surface area contributed by atoms with Crippen LogP contribution in [0.2, 0.25) is 5.02 Å². The average molecular weight is 364 g/mol. The van der Waals surface area contributed by atoms with Gasteiger partial charge in [0.25, 0.3) is 5.91 Å². The summed E-state index contributed by atoms with van der Waals surface area (Å²) in [5, 5.41) is 2.99. The molecule has 2 aromatic carbocycles. The van der Waals surface area contributed by atoms with Crippen molar-refractivity contribution in [3.63, 3.8) is 0 Å². The quantitative estimate of drug-likeness (QED) is 0.820. The molecule has 25 heavy (non-hydrogen) atoms. The van der Waals surface area contributed by atoms with Crippen LogP contribution in [-0.4, -0.2) is 33.2 Å². The van der Waals surface area contributed by atoms with Crippen molar-refractivity contribution >= 4 is 29.2 Å². The van der Waals surface area contributed by atoms with Gasteiger partial charge in [-0.15, -0.1) is 0 Å². The normalized spacial score (nSPS) is 10.1. The Kier molecular flexibility index (Phi) is 5.88. The maximum Gasteiger partial charge on any atom is 0.340 e. The van der Waals surface area contributed by atoms with Crippen molar-refractivity contribution in [2.75, 3.05) is 26.6 Å². The fourth-order valence-electron chi connectivity index (χ4n) is 2.26. The van der Waals surface area contributed by atoms with Crippen LogP contribution in [0.5, 0.6) is 11.5 Å². The molecule has 6 nitrogen and oxygen atoms in total. The second-order valence-corrected chi connectivity index (χ2v) is 5.59. The molecule has 132 valence electrons. The number of methoxy groups -OCH3 is 3. The molecule has 0 aliphatic rings. The van der Waals surface area contributed by atoms with E-state index < -0.39 is 11.9 Å². The zero-order valence-electron chi connectivity index (χ0n) is 14.3. The first kappa shape index (κ1) is 18.6. The summed E-state index contributed by atoms with van der Waals surface area (Å²) in [5.41, 5.74) is 1.59. The minimum Gasteiger partial charge on any atom is -0.493 e. The lowest BCUT2D eigenvalue weighted by Gasteiger charge is -2.15. The van der Waals surface area contributed by atoms with Crippen LogP contribution >= 0.6 is 11.6 Å². The van der Waals surface area contributed by atoms with Crippen molar-refractivity contribution in [1.82, 2.24) is 0 Å². The molecule has 0 unspecified atom stereocenters. The predicted octanol–water partition coefficient (Wildman–Crippen LogP) is 3.70. The van der Waals surface area contributed by atoms with Crippen molar-refractivity contribution in [3.8, 4) is 11.5 Å². The van der Waals surface area contributed by atoms with Gasteiger partial charge >= 0.3 is 5.97 Å². The number of nitrogens with one attached hydrogen (secondary N) is 1. The molecule has 0 saturated heterocycles. The third-order valence-electron chi connectivity index (χ3n) is 3.55. The summed E-state index contributed by atoms with van der Waals surface area (Å²) in [6, 6.07) is 8.01. The van der Waals surface area contributed by atoms with E-state index in [2.05, 4.69) is 5.32 Å². The topological polar surface area (TPSA) is 73.9 Å². The Hall–Kier alpha value is -2.73. The number of carbonyl (C=O) groups is 2. The highest BCUT2D eigenvalue weighted by Crippen LogP contribution is 2.34. The molecule has 0 bridgehead atoms. The van der Waals surface area contributed by atoms with Gasteiger partial charge in [0, 0.05) is 12.1 Å². The van der Waals surface area contributed by atoms with Crippen LogP contribution in [0.1, 0.15) is 26.3 Å². The van der Waals surface area contributed by atoms with Gasteiger partial charge in [0.15, 0.2) is 11.5 Å². The molecule has 0 aliphatic carbocycles. The number of rotatable bonds is 5. The second kappa shape index (κ2) is 7.90. The summed E-state index contributed by atoms with van der Waals surface area (Å²) in [6.07, 6.45) is 0. The highest BCUT2D eigenvalue weighted by Gasteiger charge is 2.20. The minimum absolute atomic E-state index is 0.136. The number of esters is 1. The molecule has 0 aliphatic heterocycles. The summed E-state index contributed by atoms with van der Waals surface area (Å²) in [4.78, 5) is 24.6. The molecule has 2 rings (SSSR count). The van der Waals surface area contributed by atoms with Crippen LogP contribution in [0.25, 0.3) is 0 Å². The van der Waals surface area contributed by atoms with Crippen molar-refractivity contribution in [2.45, 2.75) is 6.92 Å². The zero-order chi connectivity index (χ0) is 18.6. The Labute approximate surface area is 150 Å². The first-order chi connectivity index (χ1) is 11.9. The Morgan fingerprint density at radius 1 is 0.960 bits per heavy atom. The number of carbonyl (C=O) groups excluding carboxylic acids is 2. The number of hydrogen-bond donors (Lipinski definition) is 1. The lowest BCUT2D eigenvalue weighted by molar-refractivity contribution is 0.0601. The van der Waals surface area contributed by atoms with E-state index in [0.29, 0.717) is 16.5 Å². The van der Waals surface area contributed by atoms with Crippen molar-refractivity contribution < 1.29 is 23.8 Å². The molecule has 0 fully saturated rings. The van der Waals surface area contributed by atoms with Gasteiger partial charge in [-0.1, -0.05) is 17.7 Å². The van der Waals surface area contributed by atoms with E-state index in [-0.39, 0.29) is 16.8 Å². The van der Waals surface area contributed by atoms with Crippen LogP contribution in [-0.2, 0) is 4.74 Å². The molecule has 0 heterocycles. The molecule has 1 N–H and O–H groups in total. The summed E-state index contributed by atoms with van der Waals surface area (Å²) >= 11 is 6.13. The number of anilines is 1. The van der Waals surface area contributed by atoms with Gasteiger partial charge in [-0.05, 0) is 24.6 Å². The van der Waals surface area contributed by atoms with E-state index in [1.807, 2.05) is 6.92 Å². The lowest BCUT2D eigenvalue weighted by atomic mass is 10.1. The van der Waals surface area contributed by atoms with E-state index in [1.54, 1.807) is 18.2 Å². The van der Waals surface area contributed by atoms with Gasteiger partial charge in [-0.25, -0.2) is 4.79 Å². The largest absolute Gasteiger partial charge is 0.493 e. The van der Waals surface area contributed by atoms with E-state index in [4.69, 9.17) is 25.8 Å². The van der Waals surface area contributed by atoms with Gasteiger partial charge in [-0.2, -0.15) is 0 Å². The number of ether oxygens (including phenoxy) is 3. The van der Waals surface area contributed by atoms with Gasteiger partial charge in [-0.3, -0.25) is 4.79 Å². The van der Waals surface area contributed by atoms with Crippen LogP contribution in [0.15, 0.2) is 30.3 Å². The molecule has 7 heteroatoms. The number of halogens is 1. The molecular formula is C18H18ClNO5. The second-order valence-electron chi connectivity index (χ2n) is 5.18. The Bertz CT molecular complexity index is 819. The highest BCUT2D eigenvalue weighted by atomic mass is 35.5. The number of amides is 1. The summed E-state index contributed by atoms with van der Waals surface area (Å²) < 4.78 is 15.2. The fourth-order valence-corrected chi connectivity index (χ4v) is 2.58. The smallest absolute Gasteiger partial charge is 0.340 e. The molecule has 0 aromatic heterocycles. The number of aryl methyl sites for hydroxylation is 1. The predicted molar refractivity (Wildman–Crippen MR) is 95.0 cm³/mol. The average Bonchev–Trinajstić information content (AvgIpc) is 2.60. The SMILES string of the molecule is COC(=O)c1cc(OC)c(OC)cc1NC(=O)c1ccc(C)cc1Cl. The standard InChI is InChI=1S/C18H18ClNO5/c1-10-5-6-11(13(19)7-10)17(21)20-14-9-16(24-3)15(23-2)8-12(14)18(22)25-4/h5-9H,1-4H3,(H,20,21). The zero-order valence-corrected chi connectivity index (χ0v) is 15.1. The van der Waals surface area contributed by atoms with E-state index in [9.17, 15) is 9.59 Å². The number of benzene rings is 2. The molecule has 2 aromatic rings. The Morgan fingerprint density at radius 2 is 1.60 bits per heavy atom. The first-order valence-corrected chi connectivity index (χ1v) is 7.71. The van der Waals surface area contributed by atoms with Crippen LogP contribution < -0.4 is 14.8 Å². The summed E-state index contributed by atoms with van der Waals surface area (Å²) in [7, 11) is 4.16. The summed E-state index contributed by atoms with van der Waals surface area (Å²) in [6.45, 7) is 1.87. The Balaban J connectivity index is 2.46. The molecule has 0 saturated carbocycles. The van der Waals surface area contributed by atoms with Gasteiger partial charge in [0.2, 0.25) is 0 Å². The van der Waals surface area contributed by atoms with E-state index in [1.165, 1.54) is 33.5 Å². The molecule has 0 spiro atoms. The van der Waals surface area contributed by atoms with Crippen LogP contribution in [0.4, 0.5) is 5.69 Å². The van der Waals surface area contributed by atoms with E-state index >= 15 is 0 Å². The van der Waals surface area contributed by atoms with Crippen molar-refractivity contribution in [2.24, 2.45) is 0 Å². The van der Waals surface area contributed by atoms with Crippen molar-refractivity contribution in [3.05, 3.63) is 52.0 Å². The van der Waals surface area contributed by atoms with Crippen LogP contribution in [0.3, 0.4) is 0 Å². The third kappa shape index (κ3) is 4.03. The highest BCUT2D eigenvalue weighted by molar-refractivity contribution is 6.34. The fraction of sp³-hybridized carbons (Fsp3) is 0.222. The molecule has 0 atom stereocenters. The maximum absolute atomic E-state index is 12.5. The molecule has 1 amide bonds. The lowest BCUT2D eigenvalue weighted by Crippen LogP contribution is -2.16. The maximum atomic E-state index is 12.5. The van der Waals surface area contributed by atoms with E-state index in [0.717, 1.165) is 5.56 Å². The molecular weight excluding hydrogens is 346 g/mol. The van der Waals surface area contributed by atoms with Gasteiger partial charge in [0.05, 0.1) is 43.2 Å². The summed E-state index contributed by atoms with van der Waals surface area (Å²) in [5.74, 6) is -0.372. The minimum atomic E-state index is -0.619. The molecule has 0 radical (unpaired) electrons. The van der Waals surface area contributed by atoms with Gasteiger partial charge < -0.3 is 19.5 Å². The van der Waals surface area contributed by atoms with Crippen molar-refractivity contribution in [1.29, 1.82) is 0 Å². The van der Waals surface area contributed by atoms with Gasteiger partial charge in [0.1, 0.15) is 0 Å². The van der Waals surface area contributed by atoms with Crippen LogP contribution in [0, 0.1) is 6.92 Å². The number of hydrogen-bond acceptors (Lipinski definition) is 5. The first-order valence-electron chi connectivity index (χ1n) is 7.33. The monoisotopic (exact) mass is 363 g/mol. The third-order valence-corrected chi connectivity index (χ3v) is 3.86.